The normalized spacial score (nSPS) is 10.9. The SMILES string of the molecule is O=C(Nc1nn(Cc2c(F)cccc2Cl)cc1Br)c1ccc(OC(F)F)cc1. The van der Waals surface area contributed by atoms with Gasteiger partial charge in [0, 0.05) is 22.3 Å². The van der Waals surface area contributed by atoms with Crippen molar-refractivity contribution in [2.45, 2.75) is 13.2 Å². The molecule has 1 heterocycles. The molecule has 5 nitrogen and oxygen atoms in total. The van der Waals surface area contributed by atoms with E-state index in [1.807, 2.05) is 0 Å². The predicted molar refractivity (Wildman–Crippen MR) is 101 cm³/mol. The molecule has 0 unspecified atom stereocenters. The summed E-state index contributed by atoms with van der Waals surface area (Å²) in [5, 5.41) is 7.05. The van der Waals surface area contributed by atoms with E-state index in [9.17, 15) is 18.0 Å². The van der Waals surface area contributed by atoms with Crippen LogP contribution in [0.4, 0.5) is 19.0 Å². The lowest BCUT2D eigenvalue weighted by molar-refractivity contribution is -0.0498. The summed E-state index contributed by atoms with van der Waals surface area (Å²) in [6.07, 6.45) is 1.57. The molecule has 1 amide bonds. The number of alkyl halides is 2. The number of benzene rings is 2. The second-order valence-electron chi connectivity index (χ2n) is 5.58. The van der Waals surface area contributed by atoms with Gasteiger partial charge >= 0.3 is 6.61 Å². The quantitative estimate of drug-likeness (QED) is 0.525. The molecule has 0 saturated carbocycles. The Hall–Kier alpha value is -2.52. The van der Waals surface area contributed by atoms with Crippen molar-refractivity contribution in [3.8, 4) is 5.75 Å². The van der Waals surface area contributed by atoms with Crippen LogP contribution in [0.5, 0.6) is 5.75 Å². The molecule has 0 fully saturated rings. The molecule has 2 aromatic carbocycles. The minimum atomic E-state index is -2.94. The smallest absolute Gasteiger partial charge is 0.387 e. The summed E-state index contributed by atoms with van der Waals surface area (Å²) in [6, 6.07) is 9.58. The summed E-state index contributed by atoms with van der Waals surface area (Å²) in [5.74, 6) is -0.807. The molecule has 0 spiro atoms. The zero-order valence-corrected chi connectivity index (χ0v) is 16.3. The number of hydrogen-bond acceptors (Lipinski definition) is 3. The minimum Gasteiger partial charge on any atom is -0.435 e. The van der Waals surface area contributed by atoms with Crippen LogP contribution >= 0.6 is 27.5 Å². The first kappa shape index (κ1) is 20.2. The molecule has 28 heavy (non-hydrogen) atoms. The Labute approximate surface area is 171 Å². The summed E-state index contributed by atoms with van der Waals surface area (Å²) in [7, 11) is 0. The van der Waals surface area contributed by atoms with Gasteiger partial charge in [0.1, 0.15) is 11.6 Å². The van der Waals surface area contributed by atoms with Gasteiger partial charge in [0.25, 0.3) is 5.91 Å². The van der Waals surface area contributed by atoms with Gasteiger partial charge in [-0.3, -0.25) is 9.48 Å². The zero-order valence-electron chi connectivity index (χ0n) is 14.0. The molecule has 1 N–H and O–H groups in total. The predicted octanol–water partition coefficient (Wildman–Crippen LogP) is 5.34. The number of hydrogen-bond donors (Lipinski definition) is 1. The monoisotopic (exact) mass is 473 g/mol. The number of anilines is 1. The van der Waals surface area contributed by atoms with Crippen molar-refractivity contribution in [2.24, 2.45) is 0 Å². The van der Waals surface area contributed by atoms with E-state index in [-0.39, 0.29) is 34.3 Å². The first-order chi connectivity index (χ1) is 13.3. The number of halogens is 5. The highest BCUT2D eigenvalue weighted by molar-refractivity contribution is 9.10. The van der Waals surface area contributed by atoms with Crippen LogP contribution in [0.15, 0.2) is 53.1 Å². The molecule has 1 aromatic heterocycles. The third kappa shape index (κ3) is 4.85. The highest BCUT2D eigenvalue weighted by Crippen LogP contribution is 2.25. The summed E-state index contributed by atoms with van der Waals surface area (Å²) < 4.78 is 44.4. The maximum atomic E-state index is 13.9. The van der Waals surface area contributed by atoms with Crippen LogP contribution in [-0.2, 0) is 6.54 Å². The number of rotatable bonds is 6. The lowest BCUT2D eigenvalue weighted by Crippen LogP contribution is -2.13. The van der Waals surface area contributed by atoms with Crippen LogP contribution in [0, 0.1) is 5.82 Å². The topological polar surface area (TPSA) is 56.2 Å². The van der Waals surface area contributed by atoms with Gasteiger partial charge in [0.2, 0.25) is 0 Å². The van der Waals surface area contributed by atoms with Crippen LogP contribution in [-0.4, -0.2) is 22.3 Å². The number of nitrogens with zero attached hydrogens (tertiary/aromatic N) is 2. The van der Waals surface area contributed by atoms with E-state index in [2.05, 4.69) is 31.1 Å². The van der Waals surface area contributed by atoms with Gasteiger partial charge in [-0.2, -0.15) is 13.9 Å². The molecule has 0 atom stereocenters. The van der Waals surface area contributed by atoms with Crippen molar-refractivity contribution in [3.05, 3.63) is 75.1 Å². The fourth-order valence-corrected chi connectivity index (χ4v) is 3.01. The maximum Gasteiger partial charge on any atom is 0.387 e. The van der Waals surface area contributed by atoms with Crippen molar-refractivity contribution in [2.75, 3.05) is 5.32 Å². The Morgan fingerprint density at radius 2 is 1.96 bits per heavy atom. The van der Waals surface area contributed by atoms with E-state index >= 15 is 0 Å². The van der Waals surface area contributed by atoms with Gasteiger partial charge in [-0.1, -0.05) is 17.7 Å². The summed E-state index contributed by atoms with van der Waals surface area (Å²) in [6.45, 7) is -2.87. The van der Waals surface area contributed by atoms with Crippen molar-refractivity contribution in [1.29, 1.82) is 0 Å². The molecule has 10 heteroatoms. The van der Waals surface area contributed by atoms with Crippen molar-refractivity contribution >= 4 is 39.3 Å². The molecule has 0 aliphatic carbocycles. The largest absolute Gasteiger partial charge is 0.435 e. The molecule has 0 aliphatic rings. The molecule has 0 bridgehead atoms. The van der Waals surface area contributed by atoms with Crippen LogP contribution in [0.2, 0.25) is 5.02 Å². The minimum absolute atomic E-state index is 0.0567. The van der Waals surface area contributed by atoms with E-state index in [1.165, 1.54) is 41.1 Å². The third-order valence-electron chi connectivity index (χ3n) is 3.67. The number of carbonyl (C=O) groups excluding carboxylic acids is 1. The van der Waals surface area contributed by atoms with Gasteiger partial charge in [0.05, 0.1) is 11.0 Å². The highest BCUT2D eigenvalue weighted by Gasteiger charge is 2.15. The van der Waals surface area contributed by atoms with E-state index in [0.717, 1.165) is 0 Å². The lowest BCUT2D eigenvalue weighted by Gasteiger charge is -2.07. The molecule has 3 aromatic rings. The average Bonchev–Trinajstić information content (AvgIpc) is 2.97. The van der Waals surface area contributed by atoms with Gasteiger partial charge in [-0.25, -0.2) is 4.39 Å². The molecular formula is C18H12BrClF3N3O2. The van der Waals surface area contributed by atoms with Gasteiger partial charge in [-0.05, 0) is 52.3 Å². The van der Waals surface area contributed by atoms with Gasteiger partial charge in [0.15, 0.2) is 5.82 Å². The number of ether oxygens (including phenoxy) is 1. The third-order valence-corrected chi connectivity index (χ3v) is 4.61. The van der Waals surface area contributed by atoms with E-state index < -0.39 is 18.3 Å². The molecular weight excluding hydrogens is 463 g/mol. The second-order valence-corrected chi connectivity index (χ2v) is 6.84. The molecule has 0 aliphatic heterocycles. The van der Waals surface area contributed by atoms with Gasteiger partial charge < -0.3 is 10.1 Å². The molecule has 146 valence electrons. The second kappa shape index (κ2) is 8.66. The van der Waals surface area contributed by atoms with Crippen molar-refractivity contribution in [1.82, 2.24) is 9.78 Å². The number of aromatic nitrogens is 2. The fourth-order valence-electron chi connectivity index (χ4n) is 2.38. The Balaban J connectivity index is 1.72. The Morgan fingerprint density at radius 1 is 1.25 bits per heavy atom. The van der Waals surface area contributed by atoms with Crippen molar-refractivity contribution in [3.63, 3.8) is 0 Å². The van der Waals surface area contributed by atoms with E-state index in [0.29, 0.717) is 4.47 Å². The molecule has 0 saturated heterocycles. The maximum absolute atomic E-state index is 13.9. The fraction of sp³-hybridized carbons (Fsp3) is 0.111. The van der Waals surface area contributed by atoms with E-state index in [1.54, 1.807) is 12.3 Å². The van der Waals surface area contributed by atoms with Gasteiger partial charge in [-0.15, -0.1) is 0 Å². The standard InChI is InChI=1S/C18H12BrClF3N3O2/c19-13-9-26(8-12-14(20)2-1-3-15(12)21)25-16(13)24-17(27)10-4-6-11(7-5-10)28-18(22)23/h1-7,9,18H,8H2,(H,24,25,27). The van der Waals surface area contributed by atoms with Crippen LogP contribution < -0.4 is 10.1 Å². The van der Waals surface area contributed by atoms with Crippen LogP contribution in [0.1, 0.15) is 15.9 Å². The summed E-state index contributed by atoms with van der Waals surface area (Å²) in [4.78, 5) is 12.3. The molecule has 0 radical (unpaired) electrons. The zero-order chi connectivity index (χ0) is 20.3. The Bertz CT molecular complexity index is 976. The van der Waals surface area contributed by atoms with Crippen molar-refractivity contribution < 1.29 is 22.7 Å². The van der Waals surface area contributed by atoms with E-state index in [4.69, 9.17) is 11.6 Å². The Morgan fingerprint density at radius 3 is 2.61 bits per heavy atom. The molecule has 3 rings (SSSR count). The lowest BCUT2D eigenvalue weighted by atomic mass is 10.2. The summed E-state index contributed by atoms with van der Waals surface area (Å²) in [5.41, 5.74) is 0.492. The first-order valence-corrected chi connectivity index (χ1v) is 9.02. The number of nitrogens with one attached hydrogen (secondary N) is 1. The Kier molecular flexibility index (Phi) is 6.25. The first-order valence-electron chi connectivity index (χ1n) is 7.85. The summed E-state index contributed by atoms with van der Waals surface area (Å²) >= 11 is 9.29. The average molecular weight is 475 g/mol. The number of carbonyl (C=O) groups is 1. The van der Waals surface area contributed by atoms with Crippen LogP contribution in [0.3, 0.4) is 0 Å². The number of amides is 1. The highest BCUT2D eigenvalue weighted by atomic mass is 79.9. The van der Waals surface area contributed by atoms with Crippen LogP contribution in [0.25, 0.3) is 0 Å².